The summed E-state index contributed by atoms with van der Waals surface area (Å²) in [7, 11) is 1.62. The number of rotatable bonds is 12. The van der Waals surface area contributed by atoms with E-state index in [1.54, 1.807) is 12.0 Å². The van der Waals surface area contributed by atoms with Gasteiger partial charge in [0.15, 0.2) is 11.5 Å². The second-order valence-electron chi connectivity index (χ2n) is 9.97. The lowest BCUT2D eigenvalue weighted by molar-refractivity contribution is -0.141. The van der Waals surface area contributed by atoms with Gasteiger partial charge in [-0.25, -0.2) is 0 Å². The first-order valence-electron chi connectivity index (χ1n) is 13.8. The Morgan fingerprint density at radius 2 is 1.46 bits per heavy atom. The second kappa shape index (κ2) is 13.5. The topological polar surface area (TPSA) is 77.1 Å². The van der Waals surface area contributed by atoms with Crippen molar-refractivity contribution in [1.29, 1.82) is 0 Å². The van der Waals surface area contributed by atoms with Crippen molar-refractivity contribution in [3.63, 3.8) is 0 Å². The van der Waals surface area contributed by atoms with Crippen LogP contribution in [0.2, 0.25) is 0 Å². The molecule has 1 aliphatic rings. The molecule has 5 rings (SSSR count). The number of amides is 2. The quantitative estimate of drug-likeness (QED) is 0.259. The Balaban J connectivity index is 1.39. The fourth-order valence-corrected chi connectivity index (χ4v) is 4.88. The van der Waals surface area contributed by atoms with Crippen LogP contribution < -0.4 is 19.5 Å². The van der Waals surface area contributed by atoms with Crippen LogP contribution in [-0.2, 0) is 35.5 Å². The van der Waals surface area contributed by atoms with Gasteiger partial charge in [-0.15, -0.1) is 0 Å². The largest absolute Gasteiger partial charge is 0.497 e. The number of hydrogen-bond acceptors (Lipinski definition) is 5. The molecule has 7 nitrogen and oxygen atoms in total. The number of fused-ring (bicyclic) bond motifs is 1. The minimum atomic E-state index is -0.711. The third-order valence-electron chi connectivity index (χ3n) is 7.16. The van der Waals surface area contributed by atoms with Gasteiger partial charge in [0.1, 0.15) is 11.8 Å². The lowest BCUT2D eigenvalue weighted by atomic mass is 10.0. The summed E-state index contributed by atoms with van der Waals surface area (Å²) in [6, 6.07) is 32.2. The fourth-order valence-electron chi connectivity index (χ4n) is 4.88. The number of ether oxygens (including phenoxy) is 3. The van der Waals surface area contributed by atoms with E-state index in [0.717, 1.165) is 28.0 Å². The Bertz CT molecular complexity index is 1440. The SMILES string of the molecule is COc1ccc(CN(C(=O)CCc2ccccc2)[C@@H](Cc2ccccc2)C(=O)NCc2ccc3c(c2)OCO3)cc1. The predicted molar refractivity (Wildman–Crippen MR) is 157 cm³/mol. The van der Waals surface area contributed by atoms with Crippen molar-refractivity contribution in [2.75, 3.05) is 13.9 Å². The molecule has 1 N–H and O–H groups in total. The zero-order valence-corrected chi connectivity index (χ0v) is 23.1. The summed E-state index contributed by atoms with van der Waals surface area (Å²) in [5.74, 6) is 1.79. The van der Waals surface area contributed by atoms with Gasteiger partial charge in [0, 0.05) is 25.9 Å². The van der Waals surface area contributed by atoms with E-state index >= 15 is 0 Å². The van der Waals surface area contributed by atoms with Gasteiger partial charge in [0.2, 0.25) is 18.6 Å². The van der Waals surface area contributed by atoms with Gasteiger partial charge in [0.05, 0.1) is 7.11 Å². The van der Waals surface area contributed by atoms with Gasteiger partial charge >= 0.3 is 0 Å². The zero-order valence-electron chi connectivity index (χ0n) is 23.1. The first-order valence-corrected chi connectivity index (χ1v) is 13.8. The van der Waals surface area contributed by atoms with Gasteiger partial charge in [0.25, 0.3) is 0 Å². The van der Waals surface area contributed by atoms with E-state index in [4.69, 9.17) is 14.2 Å². The highest BCUT2D eigenvalue weighted by Gasteiger charge is 2.30. The van der Waals surface area contributed by atoms with Crippen molar-refractivity contribution in [2.24, 2.45) is 0 Å². The van der Waals surface area contributed by atoms with Crippen LogP contribution in [0.4, 0.5) is 0 Å². The van der Waals surface area contributed by atoms with E-state index in [1.807, 2.05) is 103 Å². The van der Waals surface area contributed by atoms with Gasteiger partial charge < -0.3 is 24.4 Å². The number of carbonyl (C=O) groups is 2. The molecule has 210 valence electrons. The van der Waals surface area contributed by atoms with Crippen LogP contribution in [0.1, 0.15) is 28.7 Å². The van der Waals surface area contributed by atoms with Crippen molar-refractivity contribution in [1.82, 2.24) is 10.2 Å². The predicted octanol–water partition coefficient (Wildman–Crippen LogP) is 5.31. The number of nitrogens with zero attached hydrogens (tertiary/aromatic N) is 1. The van der Waals surface area contributed by atoms with E-state index in [1.165, 1.54) is 0 Å². The molecular weight excluding hydrogens is 516 g/mol. The molecule has 0 aromatic heterocycles. The van der Waals surface area contributed by atoms with Crippen LogP contribution in [-0.4, -0.2) is 36.7 Å². The van der Waals surface area contributed by atoms with Crippen molar-refractivity contribution in [2.45, 2.75) is 38.4 Å². The van der Waals surface area contributed by atoms with E-state index in [-0.39, 0.29) is 18.6 Å². The highest BCUT2D eigenvalue weighted by molar-refractivity contribution is 5.88. The summed E-state index contributed by atoms with van der Waals surface area (Å²) < 4.78 is 16.2. The average Bonchev–Trinajstić information content (AvgIpc) is 3.50. The van der Waals surface area contributed by atoms with E-state index in [9.17, 15) is 9.59 Å². The summed E-state index contributed by atoms with van der Waals surface area (Å²) in [6.07, 6.45) is 1.28. The lowest BCUT2D eigenvalue weighted by Gasteiger charge is -2.32. The molecule has 4 aromatic rings. The smallest absolute Gasteiger partial charge is 0.243 e. The first kappa shape index (κ1) is 27.8. The van der Waals surface area contributed by atoms with Crippen molar-refractivity contribution >= 4 is 11.8 Å². The van der Waals surface area contributed by atoms with Crippen molar-refractivity contribution < 1.29 is 23.8 Å². The molecule has 0 fully saturated rings. The van der Waals surface area contributed by atoms with Crippen molar-refractivity contribution in [3.8, 4) is 17.2 Å². The first-order chi connectivity index (χ1) is 20.1. The third-order valence-corrected chi connectivity index (χ3v) is 7.16. The Morgan fingerprint density at radius 3 is 2.17 bits per heavy atom. The normalized spacial score (nSPS) is 12.4. The minimum Gasteiger partial charge on any atom is -0.497 e. The third kappa shape index (κ3) is 7.45. The van der Waals surface area contributed by atoms with Crippen LogP contribution in [0.5, 0.6) is 17.2 Å². The molecule has 0 unspecified atom stereocenters. The maximum Gasteiger partial charge on any atom is 0.243 e. The highest BCUT2D eigenvalue weighted by Crippen LogP contribution is 2.32. The molecule has 2 amide bonds. The van der Waals surface area contributed by atoms with Gasteiger partial charge in [-0.2, -0.15) is 0 Å². The maximum absolute atomic E-state index is 13.9. The molecule has 1 aliphatic heterocycles. The molecule has 4 aromatic carbocycles. The number of hydrogen-bond donors (Lipinski definition) is 1. The summed E-state index contributed by atoms with van der Waals surface area (Å²) in [5, 5.41) is 3.07. The zero-order chi connectivity index (χ0) is 28.4. The number of nitrogens with one attached hydrogen (secondary N) is 1. The standard InChI is InChI=1S/C34H34N2O5/c1-39-29-16-12-27(13-17-29)23-36(33(37)19-15-25-8-4-2-5-9-25)30(20-26-10-6-3-7-11-26)34(38)35-22-28-14-18-31-32(21-28)41-24-40-31/h2-14,16-18,21,30H,15,19-20,22-24H2,1H3,(H,35,38)/t30-/m0/s1. The molecular formula is C34H34N2O5. The fraction of sp³-hybridized carbons (Fsp3) is 0.235. The molecule has 0 saturated heterocycles. The number of benzene rings is 4. The molecule has 0 aliphatic carbocycles. The summed E-state index contributed by atoms with van der Waals surface area (Å²) in [5.41, 5.74) is 3.86. The number of methoxy groups -OCH3 is 1. The average molecular weight is 551 g/mol. The number of aryl methyl sites for hydroxylation is 1. The Hall–Kier alpha value is -4.78. The van der Waals surface area contributed by atoms with Crippen molar-refractivity contribution in [3.05, 3.63) is 125 Å². The molecule has 0 saturated carbocycles. The number of carbonyl (C=O) groups excluding carboxylic acids is 2. The molecule has 7 heteroatoms. The molecule has 41 heavy (non-hydrogen) atoms. The van der Waals surface area contributed by atoms with Gasteiger partial charge in [-0.3, -0.25) is 9.59 Å². The van der Waals surface area contributed by atoms with Crippen LogP contribution >= 0.6 is 0 Å². The van der Waals surface area contributed by atoms with Gasteiger partial charge in [-0.1, -0.05) is 78.9 Å². The molecule has 1 atom stereocenters. The summed E-state index contributed by atoms with van der Waals surface area (Å²) >= 11 is 0. The van der Waals surface area contributed by atoms with E-state index < -0.39 is 6.04 Å². The van der Waals surface area contributed by atoms with E-state index in [2.05, 4.69) is 5.32 Å². The minimum absolute atomic E-state index is 0.0798. The van der Waals surface area contributed by atoms with Crippen LogP contribution in [0.3, 0.4) is 0 Å². The maximum atomic E-state index is 13.9. The molecule has 0 spiro atoms. The van der Waals surface area contributed by atoms with Gasteiger partial charge in [-0.05, 0) is 52.9 Å². The Morgan fingerprint density at radius 1 is 0.805 bits per heavy atom. The second-order valence-corrected chi connectivity index (χ2v) is 9.97. The van der Waals surface area contributed by atoms with Crippen LogP contribution in [0, 0.1) is 0 Å². The Labute approximate surface area is 240 Å². The van der Waals surface area contributed by atoms with Crippen LogP contribution in [0.25, 0.3) is 0 Å². The molecule has 0 radical (unpaired) electrons. The van der Waals surface area contributed by atoms with E-state index in [0.29, 0.717) is 43.9 Å². The molecule has 0 bridgehead atoms. The lowest BCUT2D eigenvalue weighted by Crippen LogP contribution is -2.50. The summed E-state index contributed by atoms with van der Waals surface area (Å²) in [4.78, 5) is 29.5. The highest BCUT2D eigenvalue weighted by atomic mass is 16.7. The van der Waals surface area contributed by atoms with Crippen LogP contribution in [0.15, 0.2) is 103 Å². The Kier molecular flexibility index (Phi) is 9.16. The summed E-state index contributed by atoms with van der Waals surface area (Å²) in [6.45, 7) is 0.789. The molecule has 1 heterocycles. The monoisotopic (exact) mass is 550 g/mol.